The molecule has 4 rings (SSSR count). The Morgan fingerprint density at radius 3 is 2.71 bits per heavy atom. The lowest BCUT2D eigenvalue weighted by Crippen LogP contribution is -2.28. The van der Waals surface area contributed by atoms with E-state index in [1.54, 1.807) is 6.07 Å². The molecule has 0 bridgehead atoms. The van der Waals surface area contributed by atoms with Crippen LogP contribution in [0.4, 0.5) is 0 Å². The summed E-state index contributed by atoms with van der Waals surface area (Å²) in [6, 6.07) is 14.4. The summed E-state index contributed by atoms with van der Waals surface area (Å²) < 4.78 is 32.2. The highest BCUT2D eigenvalue weighted by molar-refractivity contribution is 7.89. The minimum absolute atomic E-state index is 0.145. The van der Waals surface area contributed by atoms with E-state index in [-0.39, 0.29) is 16.4 Å². The molecule has 24 heavy (non-hydrogen) atoms. The molecule has 1 unspecified atom stereocenters. The van der Waals surface area contributed by atoms with E-state index in [1.807, 2.05) is 30.3 Å². The van der Waals surface area contributed by atoms with Crippen molar-refractivity contribution >= 4 is 21.1 Å². The fourth-order valence-electron chi connectivity index (χ4n) is 3.18. The Balaban J connectivity index is 1.63. The zero-order chi connectivity index (χ0) is 16.7. The molecule has 6 nitrogen and oxygen atoms in total. The normalized spacial score (nSPS) is 19.1. The quantitative estimate of drug-likeness (QED) is 0.790. The molecule has 2 aromatic carbocycles. The van der Waals surface area contributed by atoms with Gasteiger partial charge in [0.25, 0.3) is 0 Å². The number of H-pyrrole nitrogens is 1. The van der Waals surface area contributed by atoms with E-state index >= 15 is 0 Å². The van der Waals surface area contributed by atoms with E-state index in [2.05, 4.69) is 4.98 Å². The smallest absolute Gasteiger partial charge is 0.408 e. The largest absolute Gasteiger partial charge is 0.417 e. The van der Waals surface area contributed by atoms with E-state index in [4.69, 9.17) is 4.42 Å². The summed E-state index contributed by atoms with van der Waals surface area (Å²) >= 11 is 0. The van der Waals surface area contributed by atoms with Gasteiger partial charge >= 0.3 is 5.76 Å². The Morgan fingerprint density at radius 1 is 1.12 bits per heavy atom. The topological polar surface area (TPSA) is 83.4 Å². The predicted molar refractivity (Wildman–Crippen MR) is 89.4 cm³/mol. The third-order valence-corrected chi connectivity index (χ3v) is 6.31. The van der Waals surface area contributed by atoms with Gasteiger partial charge < -0.3 is 4.42 Å². The van der Waals surface area contributed by atoms with Crippen LogP contribution in [0.5, 0.6) is 0 Å². The Kier molecular flexibility index (Phi) is 3.54. The van der Waals surface area contributed by atoms with E-state index in [1.165, 1.54) is 16.4 Å². The molecule has 1 aromatic heterocycles. The van der Waals surface area contributed by atoms with Crippen LogP contribution in [0.15, 0.2) is 62.6 Å². The maximum absolute atomic E-state index is 12.9. The van der Waals surface area contributed by atoms with Crippen LogP contribution in [0.2, 0.25) is 0 Å². The van der Waals surface area contributed by atoms with Crippen LogP contribution in [-0.4, -0.2) is 30.8 Å². The van der Waals surface area contributed by atoms with Gasteiger partial charge in [0.15, 0.2) is 5.58 Å². The molecule has 1 aliphatic heterocycles. The first kappa shape index (κ1) is 15.2. The minimum Gasteiger partial charge on any atom is -0.408 e. The second-order valence-corrected chi connectivity index (χ2v) is 7.87. The first-order valence-corrected chi connectivity index (χ1v) is 9.16. The van der Waals surface area contributed by atoms with Crippen molar-refractivity contribution in [2.24, 2.45) is 0 Å². The van der Waals surface area contributed by atoms with Crippen molar-refractivity contribution in [1.82, 2.24) is 9.29 Å². The van der Waals surface area contributed by atoms with Crippen LogP contribution < -0.4 is 5.76 Å². The number of nitrogens with zero attached hydrogens (tertiary/aromatic N) is 1. The number of nitrogens with one attached hydrogen (secondary N) is 1. The third-order valence-electron chi connectivity index (χ3n) is 4.45. The number of hydrogen-bond donors (Lipinski definition) is 1. The van der Waals surface area contributed by atoms with Gasteiger partial charge in [-0.15, -0.1) is 0 Å². The Hall–Kier alpha value is -2.38. The molecule has 1 saturated heterocycles. The summed E-state index contributed by atoms with van der Waals surface area (Å²) in [7, 11) is -3.60. The van der Waals surface area contributed by atoms with Crippen LogP contribution in [0, 0.1) is 0 Å². The van der Waals surface area contributed by atoms with E-state index in [0.717, 1.165) is 12.0 Å². The molecule has 0 radical (unpaired) electrons. The average Bonchev–Trinajstić information content (AvgIpc) is 3.21. The molecule has 0 aliphatic carbocycles. The molecule has 0 amide bonds. The SMILES string of the molecule is O=c1[nH]c2ccc(S(=O)(=O)N3CCC(c4ccccc4)C3)cc2o1. The molecule has 1 atom stereocenters. The first-order chi connectivity index (χ1) is 11.5. The van der Waals surface area contributed by atoms with Crippen LogP contribution in [0.3, 0.4) is 0 Å². The summed E-state index contributed by atoms with van der Waals surface area (Å²) in [5.41, 5.74) is 1.89. The number of oxazole rings is 1. The van der Waals surface area contributed by atoms with Gasteiger partial charge in [-0.05, 0) is 30.0 Å². The lowest BCUT2D eigenvalue weighted by molar-refractivity contribution is 0.472. The first-order valence-electron chi connectivity index (χ1n) is 7.72. The van der Waals surface area contributed by atoms with Gasteiger partial charge in [0.2, 0.25) is 10.0 Å². The number of sulfonamides is 1. The van der Waals surface area contributed by atoms with Gasteiger partial charge in [-0.3, -0.25) is 4.98 Å². The van der Waals surface area contributed by atoms with Gasteiger partial charge in [-0.2, -0.15) is 4.31 Å². The molecule has 3 aromatic rings. The number of fused-ring (bicyclic) bond motifs is 1. The van der Waals surface area contributed by atoms with Crippen LogP contribution in [0.1, 0.15) is 17.9 Å². The van der Waals surface area contributed by atoms with Crippen molar-refractivity contribution in [3.63, 3.8) is 0 Å². The lowest BCUT2D eigenvalue weighted by Gasteiger charge is -2.16. The van der Waals surface area contributed by atoms with Crippen LogP contribution >= 0.6 is 0 Å². The average molecular weight is 344 g/mol. The fraction of sp³-hybridized carbons (Fsp3) is 0.235. The second-order valence-electron chi connectivity index (χ2n) is 5.93. The van der Waals surface area contributed by atoms with Crippen molar-refractivity contribution in [2.75, 3.05) is 13.1 Å². The van der Waals surface area contributed by atoms with Gasteiger partial charge in [0, 0.05) is 19.2 Å². The summed E-state index contributed by atoms with van der Waals surface area (Å²) in [4.78, 5) is 13.9. The molecule has 0 spiro atoms. The van der Waals surface area contributed by atoms with Crippen molar-refractivity contribution in [2.45, 2.75) is 17.2 Å². The molecule has 2 heterocycles. The highest BCUT2D eigenvalue weighted by Gasteiger charge is 2.33. The maximum atomic E-state index is 12.9. The molecule has 7 heteroatoms. The molecular weight excluding hydrogens is 328 g/mol. The molecular formula is C17H16N2O4S. The maximum Gasteiger partial charge on any atom is 0.417 e. The lowest BCUT2D eigenvalue weighted by atomic mass is 9.99. The third kappa shape index (κ3) is 2.55. The summed E-state index contributed by atoms with van der Waals surface area (Å²) in [5, 5.41) is 0. The number of rotatable bonds is 3. The number of benzene rings is 2. The molecule has 0 saturated carbocycles. The standard InChI is InChI=1S/C17H16N2O4S/c20-17-18-15-7-6-14(10-16(15)23-17)24(21,22)19-9-8-13(11-19)12-4-2-1-3-5-12/h1-7,10,13H,8-9,11H2,(H,18,20). The number of aromatic nitrogens is 1. The van der Waals surface area contributed by atoms with Crippen LogP contribution in [-0.2, 0) is 10.0 Å². The monoisotopic (exact) mass is 344 g/mol. The van der Waals surface area contributed by atoms with E-state index in [0.29, 0.717) is 18.6 Å². The number of hydrogen-bond acceptors (Lipinski definition) is 4. The second kappa shape index (κ2) is 5.61. The van der Waals surface area contributed by atoms with Crippen molar-refractivity contribution in [1.29, 1.82) is 0 Å². The minimum atomic E-state index is -3.60. The zero-order valence-corrected chi connectivity index (χ0v) is 13.6. The Morgan fingerprint density at radius 2 is 1.92 bits per heavy atom. The molecule has 1 N–H and O–H groups in total. The van der Waals surface area contributed by atoms with Crippen molar-refractivity contribution < 1.29 is 12.8 Å². The molecule has 1 aliphatic rings. The fourth-order valence-corrected chi connectivity index (χ4v) is 4.70. The Bertz CT molecular complexity index is 1040. The summed E-state index contributed by atoms with van der Waals surface area (Å²) in [5.74, 6) is -0.389. The van der Waals surface area contributed by atoms with Crippen molar-refractivity contribution in [3.8, 4) is 0 Å². The number of aromatic amines is 1. The van der Waals surface area contributed by atoms with Crippen molar-refractivity contribution in [3.05, 3.63) is 64.6 Å². The predicted octanol–water partition coefficient (Wildman–Crippen LogP) is 2.30. The summed E-state index contributed by atoms with van der Waals surface area (Å²) in [6.07, 6.45) is 0.796. The van der Waals surface area contributed by atoms with Gasteiger partial charge in [-0.1, -0.05) is 30.3 Å². The van der Waals surface area contributed by atoms with Crippen LogP contribution in [0.25, 0.3) is 11.1 Å². The van der Waals surface area contributed by atoms with Gasteiger partial charge in [0.1, 0.15) is 0 Å². The van der Waals surface area contributed by atoms with E-state index in [9.17, 15) is 13.2 Å². The zero-order valence-electron chi connectivity index (χ0n) is 12.8. The molecule has 1 fully saturated rings. The molecule has 124 valence electrons. The van der Waals surface area contributed by atoms with Gasteiger partial charge in [-0.25, -0.2) is 13.2 Å². The highest BCUT2D eigenvalue weighted by Crippen LogP contribution is 2.31. The van der Waals surface area contributed by atoms with E-state index < -0.39 is 15.8 Å². The highest BCUT2D eigenvalue weighted by atomic mass is 32.2. The summed E-state index contributed by atoms with van der Waals surface area (Å²) in [6.45, 7) is 0.943. The Labute approximate surface area is 138 Å². The van der Waals surface area contributed by atoms with Gasteiger partial charge in [0.05, 0.1) is 10.4 Å².